The van der Waals surface area contributed by atoms with Crippen LogP contribution in [0.15, 0.2) is 18.3 Å². The van der Waals surface area contributed by atoms with Gasteiger partial charge in [-0.05, 0) is 18.1 Å². The molecule has 1 heterocycles. The van der Waals surface area contributed by atoms with Crippen LogP contribution in [0.3, 0.4) is 0 Å². The highest BCUT2D eigenvalue weighted by molar-refractivity contribution is 5.89. The number of hydrogen-bond acceptors (Lipinski definition) is 4. The van der Waals surface area contributed by atoms with Crippen LogP contribution in [-0.4, -0.2) is 29.8 Å². The first-order valence-electron chi connectivity index (χ1n) is 3.92. The molecule has 4 nitrogen and oxygen atoms in total. The summed E-state index contributed by atoms with van der Waals surface area (Å²) in [5.74, 6) is 4.60. The Morgan fingerprint density at radius 3 is 3.14 bits per heavy atom. The Morgan fingerprint density at radius 1 is 1.71 bits per heavy atom. The summed E-state index contributed by atoms with van der Waals surface area (Å²) in [5, 5.41) is 8.46. The van der Waals surface area contributed by atoms with Crippen LogP contribution in [0.25, 0.3) is 0 Å². The van der Waals surface area contributed by atoms with E-state index in [0.717, 1.165) is 0 Å². The summed E-state index contributed by atoms with van der Waals surface area (Å²) >= 11 is 0. The summed E-state index contributed by atoms with van der Waals surface area (Å²) < 4.78 is 4.53. The van der Waals surface area contributed by atoms with Gasteiger partial charge in [0.05, 0.1) is 12.7 Å². The lowest BCUT2D eigenvalue weighted by molar-refractivity contribution is 0.0600. The second-order valence-electron chi connectivity index (χ2n) is 2.38. The third-order valence-corrected chi connectivity index (χ3v) is 1.48. The molecule has 0 bridgehead atoms. The first kappa shape index (κ1) is 10.2. The Hall–Kier alpha value is -1.86. The van der Waals surface area contributed by atoms with E-state index in [-0.39, 0.29) is 6.61 Å². The van der Waals surface area contributed by atoms with Crippen LogP contribution in [0.5, 0.6) is 0 Å². The number of carbonyl (C=O) groups excluding carboxylic acids is 1. The normalized spacial score (nSPS) is 8.71. The number of aromatic nitrogens is 1. The molecule has 0 saturated heterocycles. The number of ether oxygens (including phenoxy) is 1. The van der Waals surface area contributed by atoms with Gasteiger partial charge >= 0.3 is 5.97 Å². The SMILES string of the molecule is COC(=O)c1ccnc(C#CCO)c1. The molecule has 1 N–H and O–H groups in total. The Morgan fingerprint density at radius 2 is 2.50 bits per heavy atom. The number of rotatable bonds is 1. The number of methoxy groups -OCH3 is 1. The molecule has 1 aromatic rings. The lowest BCUT2D eigenvalue weighted by Gasteiger charge is -1.97. The van der Waals surface area contributed by atoms with Gasteiger partial charge in [0.1, 0.15) is 12.3 Å². The summed E-state index contributed by atoms with van der Waals surface area (Å²) in [4.78, 5) is 15.0. The number of nitrogens with zero attached hydrogens (tertiary/aromatic N) is 1. The highest BCUT2D eigenvalue weighted by Crippen LogP contribution is 2.02. The van der Waals surface area contributed by atoms with Crippen molar-refractivity contribution in [2.24, 2.45) is 0 Å². The van der Waals surface area contributed by atoms with Crippen molar-refractivity contribution in [1.82, 2.24) is 4.98 Å². The Bertz CT molecular complexity index is 390. The Kier molecular flexibility index (Phi) is 3.65. The van der Waals surface area contributed by atoms with Crippen LogP contribution >= 0.6 is 0 Å². The fourth-order valence-corrected chi connectivity index (χ4v) is 0.874. The van der Waals surface area contributed by atoms with Gasteiger partial charge < -0.3 is 9.84 Å². The number of aliphatic hydroxyl groups excluding tert-OH is 1. The average molecular weight is 191 g/mol. The molecular weight excluding hydrogens is 182 g/mol. The van der Waals surface area contributed by atoms with E-state index < -0.39 is 5.97 Å². The van der Waals surface area contributed by atoms with Crippen molar-refractivity contribution in [3.8, 4) is 11.8 Å². The van der Waals surface area contributed by atoms with E-state index in [9.17, 15) is 4.79 Å². The monoisotopic (exact) mass is 191 g/mol. The minimum absolute atomic E-state index is 0.232. The van der Waals surface area contributed by atoms with E-state index in [4.69, 9.17) is 5.11 Å². The highest BCUT2D eigenvalue weighted by Gasteiger charge is 2.04. The van der Waals surface area contributed by atoms with E-state index in [1.165, 1.54) is 25.4 Å². The molecule has 0 radical (unpaired) electrons. The Balaban J connectivity index is 2.95. The van der Waals surface area contributed by atoms with Gasteiger partial charge in [-0.15, -0.1) is 0 Å². The minimum Gasteiger partial charge on any atom is -0.465 e. The quantitative estimate of drug-likeness (QED) is 0.509. The van der Waals surface area contributed by atoms with Crippen LogP contribution in [0.2, 0.25) is 0 Å². The zero-order valence-corrected chi connectivity index (χ0v) is 7.65. The molecule has 0 aliphatic heterocycles. The number of pyridine rings is 1. The third kappa shape index (κ3) is 2.57. The molecule has 0 spiro atoms. The number of aliphatic hydroxyl groups is 1. The molecule has 0 fully saturated rings. The molecule has 14 heavy (non-hydrogen) atoms. The fourth-order valence-electron chi connectivity index (χ4n) is 0.874. The molecule has 0 atom stereocenters. The van der Waals surface area contributed by atoms with Gasteiger partial charge in [0.2, 0.25) is 0 Å². The molecule has 0 saturated carbocycles. The maximum atomic E-state index is 11.1. The lowest BCUT2D eigenvalue weighted by Crippen LogP contribution is -2.01. The second kappa shape index (κ2) is 5.00. The molecule has 0 aliphatic carbocycles. The Labute approximate surface area is 81.5 Å². The topological polar surface area (TPSA) is 59.4 Å². The first-order chi connectivity index (χ1) is 6.77. The number of esters is 1. The number of hydrogen-bond donors (Lipinski definition) is 1. The van der Waals surface area contributed by atoms with E-state index >= 15 is 0 Å². The van der Waals surface area contributed by atoms with E-state index in [1.807, 2.05) is 0 Å². The summed E-state index contributed by atoms with van der Waals surface area (Å²) in [6, 6.07) is 3.05. The summed E-state index contributed by atoms with van der Waals surface area (Å²) in [7, 11) is 1.31. The fraction of sp³-hybridized carbons (Fsp3) is 0.200. The molecule has 4 heteroatoms. The largest absolute Gasteiger partial charge is 0.465 e. The maximum Gasteiger partial charge on any atom is 0.338 e. The summed E-state index contributed by atoms with van der Waals surface area (Å²) in [6.07, 6.45) is 1.47. The van der Waals surface area contributed by atoms with Gasteiger partial charge in [-0.3, -0.25) is 0 Å². The smallest absolute Gasteiger partial charge is 0.338 e. The van der Waals surface area contributed by atoms with Gasteiger partial charge in [0, 0.05) is 6.20 Å². The van der Waals surface area contributed by atoms with Gasteiger partial charge in [0.25, 0.3) is 0 Å². The van der Waals surface area contributed by atoms with Gasteiger partial charge in [-0.1, -0.05) is 5.92 Å². The first-order valence-corrected chi connectivity index (χ1v) is 3.92. The molecular formula is C10H9NO3. The van der Waals surface area contributed by atoms with Crippen molar-refractivity contribution in [2.75, 3.05) is 13.7 Å². The molecule has 0 aromatic carbocycles. The third-order valence-electron chi connectivity index (χ3n) is 1.48. The van der Waals surface area contributed by atoms with Crippen LogP contribution < -0.4 is 0 Å². The number of carbonyl (C=O) groups is 1. The standard InChI is InChI=1S/C10H9NO3/c1-14-10(13)8-4-5-11-9(7-8)3-2-6-12/h4-5,7,12H,6H2,1H3. The van der Waals surface area contributed by atoms with Gasteiger partial charge in [-0.2, -0.15) is 0 Å². The minimum atomic E-state index is -0.431. The van der Waals surface area contributed by atoms with Gasteiger partial charge in [0.15, 0.2) is 0 Å². The van der Waals surface area contributed by atoms with Crippen molar-refractivity contribution in [1.29, 1.82) is 0 Å². The highest BCUT2D eigenvalue weighted by atomic mass is 16.5. The van der Waals surface area contributed by atoms with Crippen LogP contribution in [-0.2, 0) is 4.74 Å². The molecule has 0 amide bonds. The second-order valence-corrected chi connectivity index (χ2v) is 2.38. The lowest BCUT2D eigenvalue weighted by atomic mass is 10.2. The maximum absolute atomic E-state index is 11.1. The van der Waals surface area contributed by atoms with E-state index in [1.54, 1.807) is 0 Å². The summed E-state index contributed by atoms with van der Waals surface area (Å²) in [5.41, 5.74) is 0.826. The molecule has 1 rings (SSSR count). The molecule has 72 valence electrons. The van der Waals surface area contributed by atoms with Crippen molar-refractivity contribution >= 4 is 5.97 Å². The van der Waals surface area contributed by atoms with Crippen molar-refractivity contribution in [3.05, 3.63) is 29.6 Å². The van der Waals surface area contributed by atoms with Crippen LogP contribution in [0.1, 0.15) is 16.1 Å². The predicted octanol–water partition coefficient (Wildman–Crippen LogP) is 0.212. The van der Waals surface area contributed by atoms with E-state index in [2.05, 4.69) is 21.6 Å². The molecule has 0 unspecified atom stereocenters. The average Bonchev–Trinajstić information content (AvgIpc) is 2.25. The zero-order chi connectivity index (χ0) is 10.4. The van der Waals surface area contributed by atoms with Crippen molar-refractivity contribution in [3.63, 3.8) is 0 Å². The molecule has 0 aliphatic rings. The predicted molar refractivity (Wildman–Crippen MR) is 49.5 cm³/mol. The van der Waals surface area contributed by atoms with Crippen LogP contribution in [0.4, 0.5) is 0 Å². The molecule has 1 aromatic heterocycles. The summed E-state index contributed by atoms with van der Waals surface area (Å²) in [6.45, 7) is -0.232. The van der Waals surface area contributed by atoms with Gasteiger partial charge in [-0.25, -0.2) is 9.78 Å². The van der Waals surface area contributed by atoms with E-state index in [0.29, 0.717) is 11.3 Å². The van der Waals surface area contributed by atoms with Crippen LogP contribution in [0, 0.1) is 11.8 Å². The van der Waals surface area contributed by atoms with Crippen molar-refractivity contribution < 1.29 is 14.6 Å². The van der Waals surface area contributed by atoms with Crippen molar-refractivity contribution in [2.45, 2.75) is 0 Å². The zero-order valence-electron chi connectivity index (χ0n) is 7.65.